The third kappa shape index (κ3) is 4.82. The molecule has 3 rings (SSSR count). The SMILES string of the molecule is C#CCNS(=O)(=O)c1cccc(C(=O)Nc2ccn(Cc3ccncc3)n2)c1. The number of carbonyl (C=O) groups excluding carboxylic acids is 1. The molecule has 0 aliphatic carbocycles. The van der Waals surface area contributed by atoms with Gasteiger partial charge in [-0.1, -0.05) is 12.0 Å². The molecule has 0 unspecified atom stereocenters. The normalized spacial score (nSPS) is 11.0. The Kier molecular flexibility index (Phi) is 5.84. The zero-order chi connectivity index (χ0) is 20.0. The Morgan fingerprint density at radius 3 is 2.71 bits per heavy atom. The number of hydrogen-bond acceptors (Lipinski definition) is 5. The van der Waals surface area contributed by atoms with Crippen molar-refractivity contribution < 1.29 is 13.2 Å². The van der Waals surface area contributed by atoms with Crippen LogP contribution in [0.4, 0.5) is 5.82 Å². The lowest BCUT2D eigenvalue weighted by molar-refractivity contribution is 0.102. The molecule has 2 aromatic heterocycles. The van der Waals surface area contributed by atoms with Crippen LogP contribution >= 0.6 is 0 Å². The van der Waals surface area contributed by atoms with Crippen LogP contribution in [0.5, 0.6) is 0 Å². The molecule has 2 heterocycles. The summed E-state index contributed by atoms with van der Waals surface area (Å²) >= 11 is 0. The van der Waals surface area contributed by atoms with E-state index in [0.29, 0.717) is 12.4 Å². The maximum Gasteiger partial charge on any atom is 0.256 e. The summed E-state index contributed by atoms with van der Waals surface area (Å²) in [6.07, 6.45) is 10.2. The summed E-state index contributed by atoms with van der Waals surface area (Å²) in [4.78, 5) is 16.4. The van der Waals surface area contributed by atoms with E-state index in [1.54, 1.807) is 29.3 Å². The van der Waals surface area contributed by atoms with E-state index in [1.165, 1.54) is 24.3 Å². The van der Waals surface area contributed by atoms with Crippen LogP contribution in [-0.4, -0.2) is 35.6 Å². The van der Waals surface area contributed by atoms with E-state index in [-0.39, 0.29) is 17.0 Å². The predicted molar refractivity (Wildman–Crippen MR) is 104 cm³/mol. The first-order valence-electron chi connectivity index (χ1n) is 8.25. The van der Waals surface area contributed by atoms with Crippen LogP contribution in [0, 0.1) is 12.3 Å². The highest BCUT2D eigenvalue weighted by Crippen LogP contribution is 2.13. The van der Waals surface area contributed by atoms with E-state index in [0.717, 1.165) is 5.56 Å². The number of carbonyl (C=O) groups is 1. The number of rotatable bonds is 7. The van der Waals surface area contributed by atoms with Crippen LogP contribution in [-0.2, 0) is 16.6 Å². The van der Waals surface area contributed by atoms with Gasteiger partial charge in [-0.2, -0.15) is 9.82 Å². The second kappa shape index (κ2) is 8.47. The molecule has 9 heteroatoms. The molecule has 28 heavy (non-hydrogen) atoms. The van der Waals surface area contributed by atoms with Gasteiger partial charge in [0, 0.05) is 30.2 Å². The zero-order valence-electron chi connectivity index (χ0n) is 14.7. The maximum absolute atomic E-state index is 12.5. The fraction of sp³-hybridized carbons (Fsp3) is 0.105. The summed E-state index contributed by atoms with van der Waals surface area (Å²) in [7, 11) is -3.78. The monoisotopic (exact) mass is 395 g/mol. The fourth-order valence-electron chi connectivity index (χ4n) is 2.40. The van der Waals surface area contributed by atoms with E-state index in [1.807, 2.05) is 12.1 Å². The van der Waals surface area contributed by atoms with E-state index >= 15 is 0 Å². The molecule has 0 saturated carbocycles. The molecule has 0 aliphatic heterocycles. The lowest BCUT2D eigenvalue weighted by Crippen LogP contribution is -2.24. The number of terminal acetylenes is 1. The van der Waals surface area contributed by atoms with E-state index in [2.05, 4.69) is 26.0 Å². The number of hydrogen-bond donors (Lipinski definition) is 2. The van der Waals surface area contributed by atoms with Gasteiger partial charge in [0.15, 0.2) is 5.82 Å². The van der Waals surface area contributed by atoms with Gasteiger partial charge in [-0.25, -0.2) is 8.42 Å². The second-order valence-corrected chi connectivity index (χ2v) is 7.53. The molecule has 0 fully saturated rings. The number of anilines is 1. The predicted octanol–water partition coefficient (Wildman–Crippen LogP) is 1.49. The largest absolute Gasteiger partial charge is 0.305 e. The van der Waals surface area contributed by atoms with Gasteiger partial charge in [-0.15, -0.1) is 6.42 Å². The molecule has 0 radical (unpaired) electrons. The highest BCUT2D eigenvalue weighted by Gasteiger charge is 2.16. The third-order valence-corrected chi connectivity index (χ3v) is 5.15. The van der Waals surface area contributed by atoms with Crippen molar-refractivity contribution in [1.82, 2.24) is 19.5 Å². The average Bonchev–Trinajstić information content (AvgIpc) is 3.14. The number of nitrogens with one attached hydrogen (secondary N) is 2. The Bertz CT molecular complexity index is 1120. The average molecular weight is 395 g/mol. The van der Waals surface area contributed by atoms with Gasteiger partial charge in [-0.3, -0.25) is 14.5 Å². The molecule has 0 spiro atoms. The van der Waals surface area contributed by atoms with Crippen molar-refractivity contribution in [2.24, 2.45) is 0 Å². The highest BCUT2D eigenvalue weighted by atomic mass is 32.2. The Balaban J connectivity index is 1.70. The minimum Gasteiger partial charge on any atom is -0.305 e. The molecule has 3 aromatic rings. The Morgan fingerprint density at radius 1 is 1.18 bits per heavy atom. The van der Waals surface area contributed by atoms with Crippen molar-refractivity contribution >= 4 is 21.7 Å². The van der Waals surface area contributed by atoms with Gasteiger partial charge in [0.1, 0.15) is 0 Å². The lowest BCUT2D eigenvalue weighted by Gasteiger charge is -2.07. The van der Waals surface area contributed by atoms with Gasteiger partial charge < -0.3 is 5.32 Å². The van der Waals surface area contributed by atoms with Gasteiger partial charge in [-0.05, 0) is 35.9 Å². The number of amides is 1. The zero-order valence-corrected chi connectivity index (χ0v) is 15.6. The van der Waals surface area contributed by atoms with Crippen molar-refractivity contribution in [2.75, 3.05) is 11.9 Å². The molecule has 0 saturated heterocycles. The first-order chi connectivity index (χ1) is 13.5. The molecule has 1 amide bonds. The van der Waals surface area contributed by atoms with Crippen molar-refractivity contribution in [3.8, 4) is 12.3 Å². The maximum atomic E-state index is 12.5. The van der Waals surface area contributed by atoms with Crippen LogP contribution in [0.15, 0.2) is 66.0 Å². The first kappa shape index (κ1) is 19.3. The van der Waals surface area contributed by atoms with Crippen LogP contribution in [0.1, 0.15) is 15.9 Å². The van der Waals surface area contributed by atoms with Crippen LogP contribution in [0.2, 0.25) is 0 Å². The Labute approximate surface area is 162 Å². The van der Waals surface area contributed by atoms with Crippen molar-refractivity contribution in [3.63, 3.8) is 0 Å². The van der Waals surface area contributed by atoms with Gasteiger partial charge in [0.2, 0.25) is 10.0 Å². The van der Waals surface area contributed by atoms with Crippen LogP contribution < -0.4 is 10.0 Å². The van der Waals surface area contributed by atoms with E-state index < -0.39 is 15.9 Å². The molecule has 0 aliphatic rings. The molecule has 8 nitrogen and oxygen atoms in total. The first-order valence-corrected chi connectivity index (χ1v) is 9.73. The standard InChI is InChI=1S/C19H17N5O3S/c1-2-9-21-28(26,27)17-5-3-4-16(13-17)19(25)22-18-8-12-24(23-18)14-15-6-10-20-11-7-15/h1,3-8,10-13,21H,9,14H2,(H,22,23,25). The summed E-state index contributed by atoms with van der Waals surface area (Å²) in [5, 5.41) is 6.95. The number of pyridine rings is 1. The summed E-state index contributed by atoms with van der Waals surface area (Å²) in [5.41, 5.74) is 1.21. The Hall–Kier alpha value is -3.48. The Morgan fingerprint density at radius 2 is 1.96 bits per heavy atom. The van der Waals surface area contributed by atoms with Gasteiger partial charge in [0.25, 0.3) is 5.91 Å². The minimum absolute atomic E-state index is 0.0429. The topological polar surface area (TPSA) is 106 Å². The van der Waals surface area contributed by atoms with Gasteiger partial charge in [0.05, 0.1) is 18.0 Å². The van der Waals surface area contributed by atoms with E-state index in [4.69, 9.17) is 6.42 Å². The van der Waals surface area contributed by atoms with Crippen molar-refractivity contribution in [3.05, 3.63) is 72.2 Å². The lowest BCUT2D eigenvalue weighted by atomic mass is 10.2. The number of benzene rings is 1. The summed E-state index contributed by atoms with van der Waals surface area (Å²) in [6.45, 7) is 0.403. The van der Waals surface area contributed by atoms with Crippen molar-refractivity contribution in [2.45, 2.75) is 11.4 Å². The number of nitrogens with zero attached hydrogens (tertiary/aromatic N) is 3. The van der Waals surface area contributed by atoms with Gasteiger partial charge >= 0.3 is 0 Å². The number of aromatic nitrogens is 3. The van der Waals surface area contributed by atoms with Crippen LogP contribution in [0.25, 0.3) is 0 Å². The quantitative estimate of drug-likeness (QED) is 0.590. The molecule has 142 valence electrons. The second-order valence-electron chi connectivity index (χ2n) is 5.76. The minimum atomic E-state index is -3.78. The third-order valence-electron chi connectivity index (χ3n) is 3.75. The molecule has 1 aromatic carbocycles. The molecular formula is C19H17N5O3S. The number of sulfonamides is 1. The smallest absolute Gasteiger partial charge is 0.256 e. The summed E-state index contributed by atoms with van der Waals surface area (Å²) in [6, 6.07) is 11.1. The summed E-state index contributed by atoms with van der Waals surface area (Å²) < 4.78 is 28.2. The molecule has 2 N–H and O–H groups in total. The summed E-state index contributed by atoms with van der Waals surface area (Å²) in [5.74, 6) is 2.09. The highest BCUT2D eigenvalue weighted by molar-refractivity contribution is 7.89. The molecule has 0 bridgehead atoms. The van der Waals surface area contributed by atoms with Crippen LogP contribution in [0.3, 0.4) is 0 Å². The molecular weight excluding hydrogens is 378 g/mol. The molecule has 0 atom stereocenters. The van der Waals surface area contributed by atoms with Crippen molar-refractivity contribution in [1.29, 1.82) is 0 Å². The van der Waals surface area contributed by atoms with E-state index in [9.17, 15) is 13.2 Å². The fourth-order valence-corrected chi connectivity index (χ4v) is 3.38.